The van der Waals surface area contributed by atoms with Gasteiger partial charge < -0.3 is 4.74 Å². The Kier molecular flexibility index (Phi) is 6.17. The third-order valence-electron chi connectivity index (χ3n) is 1.47. The van der Waals surface area contributed by atoms with Crippen molar-refractivity contribution in [1.29, 1.82) is 0 Å². The first-order valence-electron chi connectivity index (χ1n) is 3.63. The first-order valence-corrected chi connectivity index (χ1v) is 3.63. The molecule has 12 heavy (non-hydrogen) atoms. The average molecular weight is 172 g/mol. The molecule has 0 heterocycles. The second kappa shape index (κ2) is 6.30. The van der Waals surface area contributed by atoms with Gasteiger partial charge in [0.05, 0.1) is 7.11 Å². The summed E-state index contributed by atoms with van der Waals surface area (Å²) in [5.74, 6) is 0.901. The first kappa shape index (κ1) is 11.8. The van der Waals surface area contributed by atoms with E-state index >= 15 is 0 Å². The second-order valence-electron chi connectivity index (χ2n) is 2.27. The van der Waals surface area contributed by atoms with E-state index < -0.39 is 0 Å². The fourth-order valence-electron chi connectivity index (χ4n) is 0.907. The molecule has 0 aliphatic rings. The van der Waals surface area contributed by atoms with E-state index in [0.717, 1.165) is 5.75 Å². The van der Waals surface area contributed by atoms with Crippen LogP contribution in [0.2, 0.25) is 0 Å². The Labute approximate surface area is 95.7 Å². The summed E-state index contributed by atoms with van der Waals surface area (Å²) in [6.07, 6.45) is 4.07. The molecule has 2 heteroatoms. The molecule has 0 aliphatic carbocycles. The third kappa shape index (κ3) is 3.44. The van der Waals surface area contributed by atoms with Gasteiger partial charge in [0, 0.05) is 0 Å². The zero-order valence-corrected chi connectivity index (χ0v) is 6.87. The monoisotopic (exact) mass is 172 g/mol. The molecule has 0 bridgehead atoms. The second-order valence-corrected chi connectivity index (χ2v) is 2.27. The van der Waals surface area contributed by atoms with Crippen molar-refractivity contribution in [3.8, 4) is 5.75 Å². The van der Waals surface area contributed by atoms with Crippen molar-refractivity contribution in [1.82, 2.24) is 0 Å². The van der Waals surface area contributed by atoms with Gasteiger partial charge in [0.25, 0.3) is 0 Å². The molecule has 0 saturated carbocycles. The Bertz CT molecular complexity index is 239. The molecule has 0 N–H and O–H groups in total. The zero-order valence-electron chi connectivity index (χ0n) is 6.87. The quantitative estimate of drug-likeness (QED) is 0.620. The molecule has 0 aromatic heterocycles. The molecule has 0 saturated heterocycles. The van der Waals surface area contributed by atoms with E-state index in [0.29, 0.717) is 0 Å². The summed E-state index contributed by atoms with van der Waals surface area (Å²) in [7, 11) is 1.67. The minimum absolute atomic E-state index is 0. The van der Waals surface area contributed by atoms with Gasteiger partial charge in [-0.1, -0.05) is 24.3 Å². The third-order valence-corrected chi connectivity index (χ3v) is 1.47. The van der Waals surface area contributed by atoms with E-state index in [-0.39, 0.29) is 29.6 Å². The topological polar surface area (TPSA) is 9.23 Å². The van der Waals surface area contributed by atoms with Crippen LogP contribution in [-0.4, -0.2) is 36.7 Å². The Morgan fingerprint density at radius 2 is 1.75 bits per heavy atom. The van der Waals surface area contributed by atoms with Crippen LogP contribution in [0.25, 0.3) is 6.08 Å². The van der Waals surface area contributed by atoms with Gasteiger partial charge in [0.1, 0.15) is 5.75 Å². The summed E-state index contributed by atoms with van der Waals surface area (Å²) < 4.78 is 5.02. The summed E-state index contributed by atoms with van der Waals surface area (Å²) in [4.78, 5) is 0. The summed E-state index contributed by atoms with van der Waals surface area (Å²) >= 11 is 0. The van der Waals surface area contributed by atoms with E-state index in [4.69, 9.17) is 4.74 Å². The summed E-state index contributed by atoms with van der Waals surface area (Å²) in [6, 6.07) is 7.96. The van der Waals surface area contributed by atoms with Crippen LogP contribution in [0, 0.1) is 0 Å². The van der Waals surface area contributed by atoms with Crippen molar-refractivity contribution >= 4 is 35.6 Å². The summed E-state index contributed by atoms with van der Waals surface area (Å²) in [5.41, 5.74) is 1.20. The van der Waals surface area contributed by atoms with Gasteiger partial charge in [-0.05, 0) is 24.6 Å². The van der Waals surface area contributed by atoms with Gasteiger partial charge >= 0.3 is 29.6 Å². The van der Waals surface area contributed by atoms with Crippen LogP contribution in [0.1, 0.15) is 12.5 Å². The van der Waals surface area contributed by atoms with E-state index in [2.05, 4.69) is 6.08 Å². The van der Waals surface area contributed by atoms with Crippen LogP contribution in [0.3, 0.4) is 0 Å². The molecular formula is C10H13NaO. The molecule has 60 valence electrons. The number of allylic oxidation sites excluding steroid dienone is 1. The standard InChI is InChI=1S/C10H12O.Na.H/c1-3-4-9-5-7-10(11-2)8-6-9;;/h3-8H,1-2H3;;/b4-3+;;. The van der Waals surface area contributed by atoms with E-state index in [1.165, 1.54) is 5.56 Å². The number of hydrogen-bond acceptors (Lipinski definition) is 1. The van der Waals surface area contributed by atoms with Crippen molar-refractivity contribution in [2.75, 3.05) is 7.11 Å². The zero-order chi connectivity index (χ0) is 8.10. The van der Waals surface area contributed by atoms with Crippen molar-refractivity contribution in [3.63, 3.8) is 0 Å². The number of hydrogen-bond donors (Lipinski definition) is 0. The predicted octanol–water partition coefficient (Wildman–Crippen LogP) is 2.08. The molecule has 1 aromatic carbocycles. The predicted molar refractivity (Wildman–Crippen MR) is 54.9 cm³/mol. The molecule has 1 nitrogen and oxygen atoms in total. The molecular weight excluding hydrogens is 159 g/mol. The van der Waals surface area contributed by atoms with E-state index in [1.807, 2.05) is 37.3 Å². The van der Waals surface area contributed by atoms with Crippen LogP contribution in [-0.2, 0) is 0 Å². The van der Waals surface area contributed by atoms with Crippen molar-refractivity contribution in [2.24, 2.45) is 0 Å². The number of benzene rings is 1. The number of ether oxygens (including phenoxy) is 1. The van der Waals surface area contributed by atoms with Gasteiger partial charge in [-0.25, -0.2) is 0 Å². The Morgan fingerprint density at radius 1 is 1.17 bits per heavy atom. The van der Waals surface area contributed by atoms with Crippen molar-refractivity contribution < 1.29 is 4.74 Å². The average Bonchev–Trinajstić information content (AvgIpc) is 2.07. The van der Waals surface area contributed by atoms with Gasteiger partial charge in [0.2, 0.25) is 0 Å². The number of methoxy groups -OCH3 is 1. The van der Waals surface area contributed by atoms with Gasteiger partial charge in [-0.3, -0.25) is 0 Å². The summed E-state index contributed by atoms with van der Waals surface area (Å²) in [6.45, 7) is 2.00. The molecule has 1 rings (SSSR count). The normalized spacial score (nSPS) is 9.50. The molecule has 0 radical (unpaired) electrons. The fourth-order valence-corrected chi connectivity index (χ4v) is 0.907. The van der Waals surface area contributed by atoms with Crippen LogP contribution in [0.5, 0.6) is 5.75 Å². The minimum atomic E-state index is 0. The van der Waals surface area contributed by atoms with Crippen LogP contribution in [0.4, 0.5) is 0 Å². The Morgan fingerprint density at radius 3 is 2.17 bits per heavy atom. The van der Waals surface area contributed by atoms with E-state index in [9.17, 15) is 0 Å². The molecule has 0 spiro atoms. The molecule has 0 amide bonds. The van der Waals surface area contributed by atoms with Crippen molar-refractivity contribution in [3.05, 3.63) is 35.9 Å². The van der Waals surface area contributed by atoms with Gasteiger partial charge in [0.15, 0.2) is 0 Å². The summed E-state index contributed by atoms with van der Waals surface area (Å²) in [5, 5.41) is 0. The van der Waals surface area contributed by atoms with Crippen LogP contribution >= 0.6 is 0 Å². The fraction of sp³-hybridized carbons (Fsp3) is 0.200. The Balaban J connectivity index is 0.00000121. The Hall–Kier alpha value is -0.240. The maximum absolute atomic E-state index is 5.02. The van der Waals surface area contributed by atoms with Crippen LogP contribution < -0.4 is 4.74 Å². The SMILES string of the molecule is C/C=C/c1ccc(OC)cc1.[NaH]. The molecule has 0 unspecified atom stereocenters. The molecule has 0 aliphatic heterocycles. The van der Waals surface area contributed by atoms with Crippen LogP contribution in [0.15, 0.2) is 30.3 Å². The first-order chi connectivity index (χ1) is 5.36. The van der Waals surface area contributed by atoms with Crippen molar-refractivity contribution in [2.45, 2.75) is 6.92 Å². The molecule has 1 aromatic rings. The van der Waals surface area contributed by atoms with Gasteiger partial charge in [-0.2, -0.15) is 0 Å². The molecule has 0 fully saturated rings. The molecule has 0 atom stereocenters. The number of rotatable bonds is 2. The van der Waals surface area contributed by atoms with E-state index in [1.54, 1.807) is 7.11 Å². The maximum atomic E-state index is 5.02. The van der Waals surface area contributed by atoms with Gasteiger partial charge in [-0.15, -0.1) is 0 Å².